The third-order valence-electron chi connectivity index (χ3n) is 2.81. The van der Waals surface area contributed by atoms with Crippen molar-refractivity contribution in [2.45, 2.75) is 13.8 Å². The molecule has 0 saturated carbocycles. The first-order valence-electron chi connectivity index (χ1n) is 5.89. The minimum Gasteiger partial charge on any atom is -0.465 e. The van der Waals surface area contributed by atoms with Gasteiger partial charge in [-0.2, -0.15) is 0 Å². The highest BCUT2D eigenvalue weighted by Gasteiger charge is 2.15. The number of halogens is 1. The van der Waals surface area contributed by atoms with Gasteiger partial charge in [0.25, 0.3) is 0 Å². The summed E-state index contributed by atoms with van der Waals surface area (Å²) in [6, 6.07) is 4.57. The van der Waals surface area contributed by atoms with E-state index in [1.54, 1.807) is 19.9 Å². The van der Waals surface area contributed by atoms with E-state index in [2.05, 4.69) is 14.7 Å². The zero-order valence-corrected chi connectivity index (χ0v) is 12.1. The van der Waals surface area contributed by atoms with Crippen LogP contribution in [0.4, 0.5) is 4.39 Å². The van der Waals surface area contributed by atoms with Crippen molar-refractivity contribution >= 4 is 18.2 Å². The third-order valence-corrected chi connectivity index (χ3v) is 3.11. The van der Waals surface area contributed by atoms with E-state index in [1.807, 2.05) is 0 Å². The molecule has 6 heteroatoms. The summed E-state index contributed by atoms with van der Waals surface area (Å²) in [5.41, 5.74) is 2.11. The van der Waals surface area contributed by atoms with Gasteiger partial charge in [0, 0.05) is 11.3 Å². The summed E-state index contributed by atoms with van der Waals surface area (Å²) in [5.74, 6) is -0.475. The van der Waals surface area contributed by atoms with Crippen LogP contribution in [0, 0.1) is 24.3 Å². The maximum atomic E-state index is 13.4. The minimum atomic E-state index is -0.543. The molecule has 1 aromatic heterocycles. The van der Waals surface area contributed by atoms with Gasteiger partial charge in [0.1, 0.15) is 21.8 Å². The predicted octanol–water partition coefficient (Wildman–Crippen LogP) is 3.35. The van der Waals surface area contributed by atoms with Crippen molar-refractivity contribution in [3.05, 3.63) is 45.5 Å². The molecule has 0 radical (unpaired) electrons. The Hall–Kier alpha value is -2.08. The number of ether oxygens (including phenoxy) is 1. The van der Waals surface area contributed by atoms with Gasteiger partial charge in [-0.1, -0.05) is 12.2 Å². The summed E-state index contributed by atoms with van der Waals surface area (Å²) >= 11 is 5.11. The van der Waals surface area contributed by atoms with Gasteiger partial charge in [-0.3, -0.25) is 0 Å². The van der Waals surface area contributed by atoms with E-state index in [4.69, 9.17) is 12.2 Å². The standard InChI is InChI=1S/C14H13FN2O2S/c1-7-4-9(6-10(15)5-7)12-16-8(2)11(13(20)17-12)14(18)19-3/h4-6H,1-3H3,(H,16,17,20). The molecule has 0 unspecified atom stereocenters. The largest absolute Gasteiger partial charge is 0.465 e. The summed E-state index contributed by atoms with van der Waals surface area (Å²) < 4.78 is 18.2. The van der Waals surface area contributed by atoms with E-state index in [9.17, 15) is 9.18 Å². The molecule has 0 aliphatic heterocycles. The first-order valence-corrected chi connectivity index (χ1v) is 6.30. The number of aromatic amines is 1. The smallest absolute Gasteiger partial charge is 0.342 e. The fourth-order valence-corrected chi connectivity index (χ4v) is 2.27. The van der Waals surface area contributed by atoms with E-state index >= 15 is 0 Å². The molecule has 0 bridgehead atoms. The SMILES string of the molecule is COC(=O)c1c(C)[nH]c(-c2cc(C)cc(F)c2)nc1=S. The number of hydrogen-bond donors (Lipinski definition) is 1. The fourth-order valence-electron chi connectivity index (χ4n) is 1.94. The second-order valence-corrected chi connectivity index (χ2v) is 4.79. The number of aromatic nitrogens is 2. The van der Waals surface area contributed by atoms with Gasteiger partial charge in [0.15, 0.2) is 0 Å². The average molecular weight is 292 g/mol. The van der Waals surface area contributed by atoms with E-state index in [1.165, 1.54) is 19.2 Å². The molecule has 0 aliphatic carbocycles. The first kappa shape index (κ1) is 14.3. The lowest BCUT2D eigenvalue weighted by Crippen LogP contribution is -2.09. The van der Waals surface area contributed by atoms with Gasteiger partial charge < -0.3 is 9.72 Å². The minimum absolute atomic E-state index is 0.130. The van der Waals surface area contributed by atoms with E-state index in [0.29, 0.717) is 17.1 Å². The molecule has 0 aliphatic rings. The second-order valence-electron chi connectivity index (χ2n) is 4.40. The number of hydrogen-bond acceptors (Lipinski definition) is 4. The van der Waals surface area contributed by atoms with Crippen molar-refractivity contribution in [3.63, 3.8) is 0 Å². The maximum Gasteiger partial charge on any atom is 0.342 e. The molecule has 1 N–H and O–H groups in total. The highest BCUT2D eigenvalue weighted by atomic mass is 32.1. The van der Waals surface area contributed by atoms with Crippen LogP contribution in [0.15, 0.2) is 18.2 Å². The molecule has 0 amide bonds. The van der Waals surface area contributed by atoms with E-state index in [0.717, 1.165) is 5.56 Å². The van der Waals surface area contributed by atoms with Crippen molar-refractivity contribution in [1.29, 1.82) is 0 Å². The Labute approximate surface area is 120 Å². The Morgan fingerprint density at radius 3 is 2.60 bits per heavy atom. The molecule has 2 aromatic rings. The zero-order valence-electron chi connectivity index (χ0n) is 11.3. The molecule has 1 aromatic carbocycles. The monoisotopic (exact) mass is 292 g/mol. The number of methoxy groups -OCH3 is 1. The first-order chi connectivity index (χ1) is 9.42. The maximum absolute atomic E-state index is 13.4. The number of nitrogens with one attached hydrogen (secondary N) is 1. The highest BCUT2D eigenvalue weighted by Crippen LogP contribution is 2.20. The molecule has 0 fully saturated rings. The molecule has 0 saturated heterocycles. The number of H-pyrrole nitrogens is 1. The molecule has 0 spiro atoms. The van der Waals surface area contributed by atoms with Gasteiger partial charge in [-0.05, 0) is 37.6 Å². The number of carbonyl (C=O) groups excluding carboxylic acids is 1. The second kappa shape index (κ2) is 5.50. The molecular weight excluding hydrogens is 279 g/mol. The molecule has 104 valence electrons. The zero-order chi connectivity index (χ0) is 14.9. The average Bonchev–Trinajstić information content (AvgIpc) is 2.36. The Morgan fingerprint density at radius 1 is 1.35 bits per heavy atom. The van der Waals surface area contributed by atoms with E-state index in [-0.39, 0.29) is 16.0 Å². The van der Waals surface area contributed by atoms with Crippen molar-refractivity contribution in [2.75, 3.05) is 7.11 Å². The Kier molecular flexibility index (Phi) is 3.94. The van der Waals surface area contributed by atoms with Crippen LogP contribution in [-0.2, 0) is 4.74 Å². The number of benzene rings is 1. The number of rotatable bonds is 2. The summed E-state index contributed by atoms with van der Waals surface area (Å²) in [7, 11) is 1.28. The highest BCUT2D eigenvalue weighted by molar-refractivity contribution is 7.71. The van der Waals surface area contributed by atoms with Crippen LogP contribution in [0.1, 0.15) is 21.6 Å². The molecule has 4 nitrogen and oxygen atoms in total. The van der Waals surface area contributed by atoms with Gasteiger partial charge >= 0.3 is 5.97 Å². The molecular formula is C14H13FN2O2S. The topological polar surface area (TPSA) is 55.0 Å². The number of carbonyl (C=O) groups is 1. The molecule has 2 rings (SSSR count). The van der Waals surface area contributed by atoms with Crippen molar-refractivity contribution in [2.24, 2.45) is 0 Å². The Bertz CT molecular complexity index is 720. The number of nitrogens with zero attached hydrogens (tertiary/aromatic N) is 1. The van der Waals surface area contributed by atoms with Crippen LogP contribution in [0.25, 0.3) is 11.4 Å². The normalized spacial score (nSPS) is 10.4. The molecule has 1 heterocycles. The van der Waals surface area contributed by atoms with Gasteiger partial charge in [-0.15, -0.1) is 0 Å². The summed E-state index contributed by atoms with van der Waals surface area (Å²) in [6.07, 6.45) is 0. The number of esters is 1. The van der Waals surface area contributed by atoms with Gasteiger partial charge in [-0.25, -0.2) is 14.2 Å². The van der Waals surface area contributed by atoms with Crippen molar-refractivity contribution < 1.29 is 13.9 Å². The lowest BCUT2D eigenvalue weighted by Gasteiger charge is -2.08. The molecule has 0 atom stereocenters. The van der Waals surface area contributed by atoms with Crippen LogP contribution in [0.3, 0.4) is 0 Å². The van der Waals surface area contributed by atoms with Crippen molar-refractivity contribution in [3.8, 4) is 11.4 Å². The summed E-state index contributed by atoms with van der Waals surface area (Å²) in [6.45, 7) is 3.48. The van der Waals surface area contributed by atoms with Gasteiger partial charge in [0.05, 0.1) is 7.11 Å². The summed E-state index contributed by atoms with van der Waals surface area (Å²) in [5, 5.41) is 0. The third kappa shape index (κ3) is 2.75. The van der Waals surface area contributed by atoms with E-state index < -0.39 is 5.97 Å². The fraction of sp³-hybridized carbons (Fsp3) is 0.214. The lowest BCUT2D eigenvalue weighted by molar-refractivity contribution is 0.0598. The van der Waals surface area contributed by atoms with Gasteiger partial charge in [0.2, 0.25) is 0 Å². The molecule has 20 heavy (non-hydrogen) atoms. The van der Waals surface area contributed by atoms with Crippen LogP contribution >= 0.6 is 12.2 Å². The quantitative estimate of drug-likeness (QED) is 0.681. The van der Waals surface area contributed by atoms with Crippen LogP contribution < -0.4 is 0 Å². The lowest BCUT2D eigenvalue weighted by atomic mass is 10.1. The van der Waals surface area contributed by atoms with Crippen LogP contribution in [0.5, 0.6) is 0 Å². The van der Waals surface area contributed by atoms with Crippen LogP contribution in [-0.4, -0.2) is 23.0 Å². The Morgan fingerprint density at radius 2 is 2.05 bits per heavy atom. The Balaban J connectivity index is 2.61. The number of aryl methyl sites for hydroxylation is 2. The van der Waals surface area contributed by atoms with Crippen molar-refractivity contribution in [1.82, 2.24) is 9.97 Å². The van der Waals surface area contributed by atoms with Crippen LogP contribution in [0.2, 0.25) is 0 Å². The predicted molar refractivity (Wildman–Crippen MR) is 75.6 cm³/mol. The summed E-state index contributed by atoms with van der Waals surface area (Å²) in [4.78, 5) is 18.7.